The fraction of sp³-hybridized carbons (Fsp3) is 0.353. The smallest absolute Gasteiger partial charge is 0.254 e. The molecular weight excluding hydrogens is 360 g/mol. The third kappa shape index (κ3) is 3.77. The average Bonchev–Trinajstić information content (AvgIpc) is 2.92. The molecule has 3 rings (SSSR count). The fourth-order valence-corrected chi connectivity index (χ4v) is 4.41. The summed E-state index contributed by atoms with van der Waals surface area (Å²) in [6, 6.07) is 12.2. The molecule has 1 fully saturated rings. The van der Waals surface area contributed by atoms with Gasteiger partial charge >= 0.3 is 0 Å². The average molecular weight is 380 g/mol. The second kappa shape index (κ2) is 6.94. The van der Waals surface area contributed by atoms with Crippen LogP contribution in [-0.4, -0.2) is 37.0 Å². The van der Waals surface area contributed by atoms with Crippen LogP contribution >= 0.6 is 27.3 Å². The van der Waals surface area contributed by atoms with Crippen molar-refractivity contribution in [1.82, 2.24) is 4.90 Å². The van der Waals surface area contributed by atoms with Crippen molar-refractivity contribution in [2.45, 2.75) is 13.5 Å². The van der Waals surface area contributed by atoms with Crippen molar-refractivity contribution in [2.75, 3.05) is 26.2 Å². The number of piperazine rings is 1. The van der Waals surface area contributed by atoms with Crippen molar-refractivity contribution in [3.05, 3.63) is 56.2 Å². The molecule has 1 saturated heterocycles. The normalized spacial score (nSPS) is 16.0. The highest BCUT2D eigenvalue weighted by molar-refractivity contribution is 9.11. The van der Waals surface area contributed by atoms with E-state index in [4.69, 9.17) is 0 Å². The molecule has 116 valence electrons. The Bertz CT molecular complexity index is 662. The minimum atomic E-state index is 0.168. The summed E-state index contributed by atoms with van der Waals surface area (Å²) in [6.07, 6.45) is 0. The maximum absolute atomic E-state index is 12.5. The number of carbonyl (C=O) groups is 1. The van der Waals surface area contributed by atoms with Crippen molar-refractivity contribution in [3.63, 3.8) is 0 Å². The molecule has 1 amide bonds. The van der Waals surface area contributed by atoms with Crippen LogP contribution in [0.1, 0.15) is 20.8 Å². The number of hydrogen-bond acceptors (Lipinski definition) is 2. The van der Waals surface area contributed by atoms with Crippen LogP contribution in [0.5, 0.6) is 0 Å². The van der Waals surface area contributed by atoms with E-state index in [1.165, 1.54) is 8.66 Å². The first-order valence-electron chi connectivity index (χ1n) is 7.55. The van der Waals surface area contributed by atoms with E-state index in [0.29, 0.717) is 0 Å². The van der Waals surface area contributed by atoms with Crippen LogP contribution in [0.15, 0.2) is 40.2 Å². The highest BCUT2D eigenvalue weighted by Gasteiger charge is 2.24. The van der Waals surface area contributed by atoms with Crippen LogP contribution in [0, 0.1) is 6.92 Å². The molecule has 0 aliphatic carbocycles. The minimum Gasteiger partial charge on any atom is -0.328 e. The lowest BCUT2D eigenvalue weighted by Gasteiger charge is -2.32. The van der Waals surface area contributed by atoms with Gasteiger partial charge in [0.15, 0.2) is 0 Å². The largest absolute Gasteiger partial charge is 0.328 e. The van der Waals surface area contributed by atoms with Crippen LogP contribution in [0.2, 0.25) is 0 Å². The van der Waals surface area contributed by atoms with Crippen LogP contribution in [0.4, 0.5) is 0 Å². The van der Waals surface area contributed by atoms with Gasteiger partial charge in [-0.2, -0.15) is 0 Å². The second-order valence-electron chi connectivity index (χ2n) is 5.79. The quantitative estimate of drug-likeness (QED) is 0.869. The van der Waals surface area contributed by atoms with E-state index in [1.54, 1.807) is 16.2 Å². The Balaban J connectivity index is 1.56. The Labute approximate surface area is 143 Å². The van der Waals surface area contributed by atoms with Gasteiger partial charge in [0.2, 0.25) is 0 Å². The van der Waals surface area contributed by atoms with Crippen molar-refractivity contribution < 1.29 is 9.69 Å². The number of carbonyl (C=O) groups excluding carboxylic acids is 1. The minimum absolute atomic E-state index is 0.168. The van der Waals surface area contributed by atoms with E-state index >= 15 is 0 Å². The third-order valence-corrected chi connectivity index (χ3v) is 5.70. The van der Waals surface area contributed by atoms with Gasteiger partial charge in [0.05, 0.1) is 34.8 Å². The summed E-state index contributed by atoms with van der Waals surface area (Å²) in [5, 5.41) is 0. The summed E-state index contributed by atoms with van der Waals surface area (Å²) in [5.41, 5.74) is 1.95. The zero-order chi connectivity index (χ0) is 15.5. The Morgan fingerprint density at radius 3 is 2.68 bits per heavy atom. The van der Waals surface area contributed by atoms with Gasteiger partial charge in [-0.25, -0.2) is 0 Å². The van der Waals surface area contributed by atoms with Crippen molar-refractivity contribution in [1.29, 1.82) is 0 Å². The first-order valence-corrected chi connectivity index (χ1v) is 9.16. The van der Waals surface area contributed by atoms with E-state index in [1.807, 2.05) is 36.1 Å². The summed E-state index contributed by atoms with van der Waals surface area (Å²) >= 11 is 5.32. The van der Waals surface area contributed by atoms with Crippen LogP contribution in [0.25, 0.3) is 0 Å². The molecule has 1 N–H and O–H groups in total. The van der Waals surface area contributed by atoms with Crippen molar-refractivity contribution in [2.24, 2.45) is 0 Å². The zero-order valence-electron chi connectivity index (χ0n) is 12.6. The van der Waals surface area contributed by atoms with Gasteiger partial charge in [-0.05, 0) is 47.1 Å². The van der Waals surface area contributed by atoms with E-state index < -0.39 is 0 Å². The molecule has 0 saturated carbocycles. The number of halogens is 1. The standard InChI is InChI=1S/C17H19BrN2OS/c1-13-3-2-4-14(11-13)17(21)20-9-7-19(8-10-20)12-15-5-6-16(18)22-15/h2-6,11H,7-10,12H2,1H3/p+1. The monoisotopic (exact) mass is 379 g/mol. The lowest BCUT2D eigenvalue weighted by molar-refractivity contribution is -0.917. The second-order valence-corrected chi connectivity index (χ2v) is 8.34. The molecule has 5 heteroatoms. The van der Waals surface area contributed by atoms with Gasteiger partial charge < -0.3 is 9.80 Å². The number of amides is 1. The van der Waals surface area contributed by atoms with E-state index in [0.717, 1.165) is 43.9 Å². The molecule has 0 bridgehead atoms. The van der Waals surface area contributed by atoms with E-state index in [9.17, 15) is 4.79 Å². The predicted octanol–water partition coefficient (Wildman–Crippen LogP) is 2.36. The number of rotatable bonds is 3. The number of quaternary nitrogens is 1. The summed E-state index contributed by atoms with van der Waals surface area (Å²) in [5.74, 6) is 0.168. The van der Waals surface area contributed by atoms with E-state index in [-0.39, 0.29) is 5.91 Å². The highest BCUT2D eigenvalue weighted by atomic mass is 79.9. The molecule has 2 heterocycles. The fourth-order valence-electron chi connectivity index (χ4n) is 2.86. The van der Waals surface area contributed by atoms with Gasteiger partial charge in [0.1, 0.15) is 6.54 Å². The zero-order valence-corrected chi connectivity index (χ0v) is 15.0. The van der Waals surface area contributed by atoms with Gasteiger partial charge in [-0.1, -0.05) is 17.7 Å². The van der Waals surface area contributed by atoms with E-state index in [2.05, 4.69) is 28.1 Å². The van der Waals surface area contributed by atoms with Crippen molar-refractivity contribution >= 4 is 33.2 Å². The van der Waals surface area contributed by atoms with Gasteiger partial charge in [-0.15, -0.1) is 11.3 Å². The van der Waals surface area contributed by atoms with Crippen LogP contribution in [0.3, 0.4) is 0 Å². The Morgan fingerprint density at radius 1 is 1.27 bits per heavy atom. The molecule has 22 heavy (non-hydrogen) atoms. The van der Waals surface area contributed by atoms with Crippen LogP contribution < -0.4 is 4.90 Å². The molecule has 0 unspecified atom stereocenters. The topological polar surface area (TPSA) is 24.8 Å². The molecule has 2 aromatic rings. The molecule has 1 aromatic heterocycles. The molecule has 1 aliphatic heterocycles. The first-order chi connectivity index (χ1) is 10.6. The lowest BCUT2D eigenvalue weighted by atomic mass is 10.1. The van der Waals surface area contributed by atoms with Gasteiger partial charge in [0.25, 0.3) is 5.91 Å². The van der Waals surface area contributed by atoms with Crippen molar-refractivity contribution in [3.8, 4) is 0 Å². The van der Waals surface area contributed by atoms with Gasteiger partial charge in [-0.3, -0.25) is 4.79 Å². The number of nitrogens with one attached hydrogen (secondary N) is 1. The number of thiophene rings is 1. The number of nitrogens with zero attached hydrogens (tertiary/aromatic N) is 1. The maximum atomic E-state index is 12.5. The Hall–Kier alpha value is -1.17. The van der Waals surface area contributed by atoms with Crippen LogP contribution in [-0.2, 0) is 6.54 Å². The molecule has 3 nitrogen and oxygen atoms in total. The summed E-state index contributed by atoms with van der Waals surface area (Å²) in [7, 11) is 0. The first kappa shape index (κ1) is 15.7. The molecule has 0 spiro atoms. The number of hydrogen-bond donors (Lipinski definition) is 1. The Kier molecular flexibility index (Phi) is 4.96. The molecule has 0 radical (unpaired) electrons. The maximum Gasteiger partial charge on any atom is 0.254 e. The molecular formula is C17H20BrN2OS+. The summed E-state index contributed by atoms with van der Waals surface area (Å²) < 4.78 is 1.19. The van der Waals surface area contributed by atoms with Gasteiger partial charge in [0, 0.05) is 5.56 Å². The molecule has 0 atom stereocenters. The summed E-state index contributed by atoms with van der Waals surface area (Å²) in [4.78, 5) is 17.5. The lowest BCUT2D eigenvalue weighted by Crippen LogP contribution is -3.13. The summed E-state index contributed by atoms with van der Waals surface area (Å²) in [6.45, 7) is 6.81. The Morgan fingerprint density at radius 2 is 2.05 bits per heavy atom. The number of aryl methyl sites for hydroxylation is 1. The third-order valence-electron chi connectivity index (χ3n) is 4.08. The SMILES string of the molecule is Cc1cccc(C(=O)N2CC[NH+](Cc3ccc(Br)s3)CC2)c1. The molecule has 1 aromatic carbocycles. The predicted molar refractivity (Wildman–Crippen MR) is 93.5 cm³/mol. The number of benzene rings is 1. The molecule has 1 aliphatic rings. The highest BCUT2D eigenvalue weighted by Crippen LogP contribution is 2.21.